The van der Waals surface area contributed by atoms with Crippen molar-refractivity contribution in [2.24, 2.45) is 0 Å². The number of carbonyl (C=O) groups excluding carboxylic acids is 1. The summed E-state index contributed by atoms with van der Waals surface area (Å²) in [4.78, 5) is 11.4. The van der Waals surface area contributed by atoms with Gasteiger partial charge in [0.1, 0.15) is 0 Å². The van der Waals surface area contributed by atoms with Crippen LogP contribution in [0.1, 0.15) is 56.3 Å². The molecule has 1 atom stereocenters. The molecule has 0 amide bonds. The molecule has 0 saturated heterocycles. The Bertz CT molecular complexity index is 377. The second-order valence-corrected chi connectivity index (χ2v) is 5.80. The number of ether oxygens (including phenoxy) is 1. The van der Waals surface area contributed by atoms with Gasteiger partial charge in [0.2, 0.25) is 0 Å². The predicted molar refractivity (Wildman–Crippen MR) is 76.4 cm³/mol. The quantitative estimate of drug-likeness (QED) is 0.333. The van der Waals surface area contributed by atoms with Gasteiger partial charge >= 0.3 is 118 Å². The first-order valence-electron chi connectivity index (χ1n) is 6.60. The zero-order valence-corrected chi connectivity index (χ0v) is 13.1. The van der Waals surface area contributed by atoms with E-state index in [1.807, 2.05) is 24.3 Å². The molecular formula is C15H22O2Se. The van der Waals surface area contributed by atoms with Crippen molar-refractivity contribution in [3.8, 4) is 5.75 Å². The van der Waals surface area contributed by atoms with E-state index in [2.05, 4.69) is 22.9 Å². The molecule has 0 fully saturated rings. The van der Waals surface area contributed by atoms with Gasteiger partial charge in [-0.3, -0.25) is 0 Å². The first-order valence-corrected chi connectivity index (χ1v) is 7.69. The van der Waals surface area contributed by atoms with Gasteiger partial charge in [0.05, 0.1) is 0 Å². The SMILES string of the molecule is CCCCCCC([SeH])c1ccccc1OC(C)=O. The van der Waals surface area contributed by atoms with Crippen molar-refractivity contribution in [3.05, 3.63) is 29.8 Å². The number of rotatable bonds is 7. The molecule has 0 heterocycles. The monoisotopic (exact) mass is 314 g/mol. The summed E-state index contributed by atoms with van der Waals surface area (Å²) in [7, 11) is 0. The first kappa shape index (κ1) is 15.3. The molecule has 0 aromatic heterocycles. The van der Waals surface area contributed by atoms with Crippen LogP contribution < -0.4 is 4.74 Å². The summed E-state index contributed by atoms with van der Waals surface area (Å²) in [6.07, 6.45) is 6.18. The predicted octanol–water partition coefficient (Wildman–Crippen LogP) is 3.52. The zero-order valence-electron chi connectivity index (χ0n) is 11.2. The van der Waals surface area contributed by atoms with Crippen molar-refractivity contribution in [1.29, 1.82) is 0 Å². The Morgan fingerprint density at radius 2 is 2.00 bits per heavy atom. The van der Waals surface area contributed by atoms with E-state index < -0.39 is 0 Å². The molecule has 100 valence electrons. The molecule has 18 heavy (non-hydrogen) atoms. The van der Waals surface area contributed by atoms with Crippen molar-refractivity contribution < 1.29 is 9.53 Å². The van der Waals surface area contributed by atoms with Crippen molar-refractivity contribution in [2.45, 2.75) is 50.8 Å². The molecule has 0 aliphatic heterocycles. The topological polar surface area (TPSA) is 26.3 Å². The normalized spacial score (nSPS) is 12.2. The summed E-state index contributed by atoms with van der Waals surface area (Å²) in [6, 6.07) is 7.80. The summed E-state index contributed by atoms with van der Waals surface area (Å²) < 4.78 is 5.25. The second-order valence-electron chi connectivity index (χ2n) is 4.50. The molecule has 0 spiro atoms. The Morgan fingerprint density at radius 3 is 2.67 bits per heavy atom. The molecule has 1 aromatic rings. The third kappa shape index (κ3) is 5.24. The summed E-state index contributed by atoms with van der Waals surface area (Å²) >= 11 is 2.70. The fourth-order valence-corrected chi connectivity index (χ4v) is 2.75. The Balaban J connectivity index is 2.60. The number of hydrogen-bond acceptors (Lipinski definition) is 2. The summed E-state index contributed by atoms with van der Waals surface area (Å²) in [5, 5.41) is 0. The Morgan fingerprint density at radius 1 is 1.28 bits per heavy atom. The number of para-hydroxylation sites is 1. The zero-order chi connectivity index (χ0) is 13.4. The van der Waals surface area contributed by atoms with E-state index >= 15 is 0 Å². The van der Waals surface area contributed by atoms with Gasteiger partial charge in [0.15, 0.2) is 0 Å². The van der Waals surface area contributed by atoms with Crippen LogP contribution >= 0.6 is 0 Å². The number of carbonyl (C=O) groups is 1. The van der Waals surface area contributed by atoms with E-state index in [0.29, 0.717) is 10.6 Å². The average molecular weight is 313 g/mol. The van der Waals surface area contributed by atoms with Crippen LogP contribution in [-0.2, 0) is 4.79 Å². The third-order valence-electron chi connectivity index (χ3n) is 2.86. The molecular weight excluding hydrogens is 291 g/mol. The van der Waals surface area contributed by atoms with Crippen LogP contribution in [0.5, 0.6) is 5.75 Å². The number of unbranched alkanes of at least 4 members (excludes halogenated alkanes) is 3. The summed E-state index contributed by atoms with van der Waals surface area (Å²) in [5.74, 6) is 0.444. The average Bonchev–Trinajstić information content (AvgIpc) is 2.34. The molecule has 0 radical (unpaired) electrons. The van der Waals surface area contributed by atoms with Crippen LogP contribution in [0.25, 0.3) is 0 Å². The van der Waals surface area contributed by atoms with Crippen molar-refractivity contribution in [1.82, 2.24) is 0 Å². The van der Waals surface area contributed by atoms with Crippen LogP contribution in [0, 0.1) is 0 Å². The maximum atomic E-state index is 11.1. The molecule has 1 aromatic carbocycles. The molecule has 2 nitrogen and oxygen atoms in total. The van der Waals surface area contributed by atoms with Gasteiger partial charge in [-0.2, -0.15) is 0 Å². The Hall–Kier alpha value is -0.791. The van der Waals surface area contributed by atoms with Gasteiger partial charge in [-0.05, 0) is 0 Å². The molecule has 0 aliphatic rings. The van der Waals surface area contributed by atoms with Gasteiger partial charge in [-0.1, -0.05) is 0 Å². The number of esters is 1. The standard InChI is InChI=1S/C15H22O2Se/c1-3-4-5-6-11-15(18)13-9-7-8-10-14(13)17-12(2)16/h7-10,15,18H,3-6,11H2,1-2H3. The molecule has 0 N–H and O–H groups in total. The minimum atomic E-state index is -0.256. The van der Waals surface area contributed by atoms with E-state index in [1.54, 1.807) is 0 Å². The van der Waals surface area contributed by atoms with Gasteiger partial charge in [-0.25, -0.2) is 0 Å². The van der Waals surface area contributed by atoms with Crippen LogP contribution in [0.4, 0.5) is 0 Å². The van der Waals surface area contributed by atoms with E-state index in [1.165, 1.54) is 32.6 Å². The fraction of sp³-hybridized carbons (Fsp3) is 0.533. The Kier molecular flexibility index (Phi) is 7.07. The summed E-state index contributed by atoms with van der Waals surface area (Å²) in [6.45, 7) is 3.66. The maximum absolute atomic E-state index is 11.1. The molecule has 0 saturated carbocycles. The van der Waals surface area contributed by atoms with Crippen LogP contribution in [0.2, 0.25) is 0 Å². The van der Waals surface area contributed by atoms with E-state index in [4.69, 9.17) is 4.74 Å². The van der Waals surface area contributed by atoms with Crippen molar-refractivity contribution in [3.63, 3.8) is 0 Å². The Labute approximate surface area is 118 Å². The van der Waals surface area contributed by atoms with E-state index in [9.17, 15) is 4.79 Å². The summed E-state index contributed by atoms with van der Waals surface area (Å²) in [5.41, 5.74) is 1.11. The minimum absolute atomic E-state index is 0.256. The van der Waals surface area contributed by atoms with Gasteiger partial charge in [-0.15, -0.1) is 0 Å². The van der Waals surface area contributed by atoms with Crippen LogP contribution in [-0.4, -0.2) is 22.0 Å². The molecule has 1 rings (SSSR count). The van der Waals surface area contributed by atoms with Crippen molar-refractivity contribution in [2.75, 3.05) is 0 Å². The second kappa shape index (κ2) is 8.34. The third-order valence-corrected chi connectivity index (χ3v) is 3.99. The number of hydrogen-bond donors (Lipinski definition) is 0. The van der Waals surface area contributed by atoms with E-state index in [0.717, 1.165) is 12.0 Å². The van der Waals surface area contributed by atoms with Crippen molar-refractivity contribution >= 4 is 22.0 Å². The van der Waals surface area contributed by atoms with Gasteiger partial charge < -0.3 is 0 Å². The van der Waals surface area contributed by atoms with E-state index in [-0.39, 0.29) is 5.97 Å². The van der Waals surface area contributed by atoms with Gasteiger partial charge in [0.25, 0.3) is 0 Å². The fourth-order valence-electron chi connectivity index (χ4n) is 1.92. The number of benzene rings is 1. The van der Waals surface area contributed by atoms with Crippen LogP contribution in [0.3, 0.4) is 0 Å². The molecule has 0 bridgehead atoms. The molecule has 1 unspecified atom stereocenters. The first-order chi connectivity index (χ1) is 8.65. The molecule has 3 heteroatoms. The molecule has 0 aliphatic carbocycles. The van der Waals surface area contributed by atoms with Gasteiger partial charge in [0, 0.05) is 0 Å². The van der Waals surface area contributed by atoms with Crippen LogP contribution in [0.15, 0.2) is 24.3 Å².